The van der Waals surface area contributed by atoms with Crippen molar-refractivity contribution in [3.63, 3.8) is 0 Å². The first-order chi connectivity index (χ1) is 31.4. The third-order valence-corrected chi connectivity index (χ3v) is 14.4. The molecule has 1 aromatic rings. The fourth-order valence-electron chi connectivity index (χ4n) is 10.5. The fourth-order valence-corrected chi connectivity index (χ4v) is 10.5. The number of piperidine rings is 1. The maximum atomic E-state index is 14.5. The summed E-state index contributed by atoms with van der Waals surface area (Å²) >= 11 is 0. The van der Waals surface area contributed by atoms with E-state index in [9.17, 15) is 33.8 Å². The van der Waals surface area contributed by atoms with Gasteiger partial charge in [-0.3, -0.25) is 14.4 Å². The molecule has 13 nitrogen and oxygen atoms in total. The number of amides is 1. The first kappa shape index (κ1) is 53.3. The topological polar surface area (TPSA) is 167 Å². The molecule has 2 saturated heterocycles. The van der Waals surface area contributed by atoms with Gasteiger partial charge >= 0.3 is 5.97 Å². The molecule has 1 aliphatic carbocycles. The number of esters is 1. The largest absolute Gasteiger partial charge is 0.456 e. The lowest BCUT2D eigenvalue weighted by atomic mass is 9.81. The third-order valence-electron chi connectivity index (χ3n) is 14.4. The van der Waals surface area contributed by atoms with Crippen LogP contribution in [-0.4, -0.2) is 128 Å². The predicted octanol–water partition coefficient (Wildman–Crippen LogP) is 7.35. The first-order valence-electron chi connectivity index (χ1n) is 24.1. The number of carbonyl (C=O) groups excluding carboxylic acids is 4. The van der Waals surface area contributed by atoms with Crippen LogP contribution in [0.25, 0.3) is 6.08 Å². The van der Waals surface area contributed by atoms with E-state index in [1.54, 1.807) is 27.0 Å². The van der Waals surface area contributed by atoms with Gasteiger partial charge in [-0.15, -0.1) is 0 Å². The molecular weight excluding hydrogens is 850 g/mol. The maximum absolute atomic E-state index is 14.5. The van der Waals surface area contributed by atoms with Crippen LogP contribution < -0.4 is 0 Å². The lowest BCUT2D eigenvalue weighted by molar-refractivity contribution is -0.302. The molecule has 0 spiro atoms. The minimum absolute atomic E-state index is 0.00438. The molecule has 1 saturated carbocycles. The molecule has 14 atom stereocenters. The van der Waals surface area contributed by atoms with Crippen LogP contribution in [0.3, 0.4) is 0 Å². The number of halogens is 1. The highest BCUT2D eigenvalue weighted by atomic mass is 19.1. The van der Waals surface area contributed by atoms with E-state index in [1.165, 1.54) is 31.3 Å². The first-order valence-corrected chi connectivity index (χ1v) is 24.1. The monoisotopic (exact) mass is 926 g/mol. The molecule has 3 heterocycles. The van der Waals surface area contributed by atoms with Crippen molar-refractivity contribution in [1.29, 1.82) is 0 Å². The summed E-state index contributed by atoms with van der Waals surface area (Å²) in [5.74, 6) is -7.92. The average Bonchev–Trinajstić information content (AvgIpc) is 3.30. The Labute approximate surface area is 391 Å². The highest BCUT2D eigenvalue weighted by molar-refractivity contribution is 6.39. The van der Waals surface area contributed by atoms with Crippen LogP contribution in [0.4, 0.5) is 4.39 Å². The summed E-state index contributed by atoms with van der Waals surface area (Å²) in [5, 5.41) is 23.9. The molecule has 66 heavy (non-hydrogen) atoms. The molecule has 1 amide bonds. The second kappa shape index (κ2) is 24.6. The van der Waals surface area contributed by atoms with Crippen molar-refractivity contribution in [1.82, 2.24) is 4.90 Å². The Bertz CT molecular complexity index is 1900. The van der Waals surface area contributed by atoms with E-state index in [2.05, 4.69) is 6.92 Å². The smallest absolute Gasteiger partial charge is 0.329 e. The number of ketones is 2. The van der Waals surface area contributed by atoms with E-state index in [0.717, 1.165) is 17.6 Å². The molecule has 0 radical (unpaired) electrons. The summed E-state index contributed by atoms with van der Waals surface area (Å²) in [5.41, 5.74) is 2.40. The second-order valence-electron chi connectivity index (χ2n) is 19.4. The van der Waals surface area contributed by atoms with Crippen LogP contribution >= 0.6 is 0 Å². The number of fused-ring (bicyclic) bond motifs is 3. The van der Waals surface area contributed by atoms with Gasteiger partial charge in [0.05, 0.1) is 37.1 Å². The Kier molecular flexibility index (Phi) is 19.9. The Hall–Kier alpha value is -3.63. The van der Waals surface area contributed by atoms with Gasteiger partial charge in [0.25, 0.3) is 11.7 Å². The zero-order valence-electron chi connectivity index (χ0n) is 40.6. The predicted molar refractivity (Wildman–Crippen MR) is 247 cm³/mol. The number of aliphatic hydroxyl groups is 2. The highest BCUT2D eigenvalue weighted by Gasteiger charge is 2.56. The SMILES string of the molecule is CCC1/C=C(\C)CC(C)CC(OC)C2OC(O)(C(=O)C(=O)N3CCCCC3C(=O)OC(C(C)=CC3CCC(OCC=Cc4cccc(F)c4)C(OC)C3)C(C)C(O)CC1=O)C(C)CC2OC. The summed E-state index contributed by atoms with van der Waals surface area (Å²) in [6, 6.07) is 5.17. The summed E-state index contributed by atoms with van der Waals surface area (Å²) < 4.78 is 50.2. The molecule has 2 bridgehead atoms. The van der Waals surface area contributed by atoms with Crippen molar-refractivity contribution < 1.29 is 62.2 Å². The lowest BCUT2D eigenvalue weighted by Gasteiger charge is -2.47. The molecule has 368 valence electrons. The van der Waals surface area contributed by atoms with E-state index < -0.39 is 77.8 Å². The number of ether oxygens (including phenoxy) is 6. The number of rotatable bonds is 10. The van der Waals surface area contributed by atoms with Gasteiger partial charge in [0, 0.05) is 52.0 Å². The van der Waals surface area contributed by atoms with E-state index in [1.807, 2.05) is 51.1 Å². The van der Waals surface area contributed by atoms with Crippen molar-refractivity contribution in [3.8, 4) is 0 Å². The van der Waals surface area contributed by atoms with Crippen molar-refractivity contribution >= 4 is 29.5 Å². The number of carbonyl (C=O) groups is 4. The van der Waals surface area contributed by atoms with Crippen LogP contribution in [0, 0.1) is 35.4 Å². The molecule has 3 fully saturated rings. The van der Waals surface area contributed by atoms with Crippen LogP contribution in [0.15, 0.2) is 53.6 Å². The quantitative estimate of drug-likeness (QED) is 0.136. The van der Waals surface area contributed by atoms with Gasteiger partial charge in [0.1, 0.15) is 29.9 Å². The number of aliphatic hydroxyl groups excluding tert-OH is 1. The molecule has 3 aliphatic heterocycles. The Morgan fingerprint density at radius 2 is 1.65 bits per heavy atom. The van der Waals surface area contributed by atoms with Crippen molar-refractivity contribution in [2.75, 3.05) is 34.5 Å². The Balaban J connectivity index is 1.44. The Morgan fingerprint density at radius 3 is 2.33 bits per heavy atom. The number of nitrogens with zero attached hydrogens (tertiary/aromatic N) is 1. The molecule has 14 unspecified atom stereocenters. The molecule has 1 aromatic carbocycles. The molecule has 2 N–H and O–H groups in total. The van der Waals surface area contributed by atoms with Crippen LogP contribution in [0.5, 0.6) is 0 Å². The van der Waals surface area contributed by atoms with Crippen LogP contribution in [-0.2, 0) is 47.6 Å². The zero-order valence-corrected chi connectivity index (χ0v) is 40.6. The van der Waals surface area contributed by atoms with Crippen LogP contribution in [0.2, 0.25) is 0 Å². The summed E-state index contributed by atoms with van der Waals surface area (Å²) in [7, 11) is 4.71. The van der Waals surface area contributed by atoms with Gasteiger partial charge in [-0.25, -0.2) is 9.18 Å². The molecular formula is C52H76FNO12. The van der Waals surface area contributed by atoms with E-state index in [4.69, 9.17) is 28.4 Å². The van der Waals surface area contributed by atoms with Gasteiger partial charge < -0.3 is 43.5 Å². The standard InChI is InChI=1S/C52H76FNO12/c1-10-38-24-31(2)23-32(3)25-45(62-8)48-46(63-9)27-34(5)52(60,66-48)49(57)50(58)54-21-12-11-18-40(54)51(59)65-47(35(6)41(55)30-42(38)56)33(4)26-37-19-20-43(44(29-37)61-7)64-22-14-16-36-15-13-17-39(53)28-36/h13-17,24,26,28,32,34-35,37-38,40-41,43-48,55,60H,10-12,18-23,25,27,29-30H2,1-9H3/b16-14?,31-24+,33-26?. The number of cyclic esters (lactones) is 1. The summed E-state index contributed by atoms with van der Waals surface area (Å²) in [6.07, 6.45) is 8.01. The van der Waals surface area contributed by atoms with Gasteiger partial charge in [-0.05, 0) is 113 Å². The minimum Gasteiger partial charge on any atom is -0.456 e. The normalized spacial score (nSPS) is 37.2. The van der Waals surface area contributed by atoms with Crippen LogP contribution in [0.1, 0.15) is 118 Å². The zero-order chi connectivity index (χ0) is 48.3. The highest BCUT2D eigenvalue weighted by Crippen LogP contribution is 2.39. The number of methoxy groups -OCH3 is 3. The third kappa shape index (κ3) is 13.3. The van der Waals surface area contributed by atoms with Crippen molar-refractivity contribution in [2.24, 2.45) is 29.6 Å². The maximum Gasteiger partial charge on any atom is 0.329 e. The van der Waals surface area contributed by atoms with E-state index >= 15 is 0 Å². The number of hydrogen-bond donors (Lipinski definition) is 2. The molecule has 4 aliphatic rings. The lowest BCUT2D eigenvalue weighted by Crippen LogP contribution is -2.64. The van der Waals surface area contributed by atoms with Gasteiger partial charge in [-0.2, -0.15) is 0 Å². The average molecular weight is 926 g/mol. The molecule has 14 heteroatoms. The van der Waals surface area contributed by atoms with Crippen molar-refractivity contribution in [2.45, 2.75) is 167 Å². The Morgan fingerprint density at radius 1 is 0.939 bits per heavy atom. The molecule has 5 rings (SSSR count). The summed E-state index contributed by atoms with van der Waals surface area (Å²) in [6.45, 7) is 11.6. The van der Waals surface area contributed by atoms with Gasteiger partial charge in [0.2, 0.25) is 5.79 Å². The number of hydrogen-bond acceptors (Lipinski definition) is 12. The van der Waals surface area contributed by atoms with E-state index in [-0.39, 0.29) is 61.5 Å². The van der Waals surface area contributed by atoms with Gasteiger partial charge in [-0.1, -0.05) is 69.7 Å². The minimum atomic E-state index is -2.52. The number of benzene rings is 1. The van der Waals surface area contributed by atoms with E-state index in [0.29, 0.717) is 57.1 Å². The number of Topliss-reactive ketones (excluding diaryl/α,β-unsaturated/α-hetero) is 2. The van der Waals surface area contributed by atoms with Gasteiger partial charge in [0.15, 0.2) is 0 Å². The fraction of sp³-hybridized carbons (Fsp3) is 0.692. The van der Waals surface area contributed by atoms with Crippen molar-refractivity contribution in [3.05, 3.63) is 65.0 Å². The second-order valence-corrected chi connectivity index (χ2v) is 19.4. The molecule has 0 aromatic heterocycles. The summed E-state index contributed by atoms with van der Waals surface area (Å²) in [4.78, 5) is 58.3. The number of allylic oxidation sites excluding steroid dienone is 3.